The molecule has 31 heavy (non-hydrogen) atoms. The maximum Gasteiger partial charge on any atom is 0.270 e. The Bertz CT molecular complexity index is 1280. The zero-order valence-corrected chi connectivity index (χ0v) is 17.9. The monoisotopic (exact) mass is 431 g/mol. The number of carbonyl (C=O) groups is 2. The number of hydrogen-bond acceptors (Lipinski definition) is 6. The van der Waals surface area contributed by atoms with Crippen molar-refractivity contribution in [2.75, 3.05) is 17.2 Å². The van der Waals surface area contributed by atoms with Gasteiger partial charge in [0, 0.05) is 17.5 Å². The van der Waals surface area contributed by atoms with E-state index in [1.807, 2.05) is 62.4 Å². The van der Waals surface area contributed by atoms with Gasteiger partial charge in [0.15, 0.2) is 10.8 Å². The van der Waals surface area contributed by atoms with Crippen molar-refractivity contribution in [3.63, 3.8) is 0 Å². The second kappa shape index (κ2) is 8.53. The van der Waals surface area contributed by atoms with Gasteiger partial charge in [-0.1, -0.05) is 59.9 Å². The molecule has 0 atom stereocenters. The standard InChI is InChI=1S/C23H21N5O2S/c1-3-25-23-27-19(20(24)29)22(31-23)28-21(30)16-12-17(14-9-5-4-6-10-14)26-18-13(2)8-7-11-15(16)18/h4-12H,3H2,1-2H3,(H2,24,29)(H,25,27)(H,28,30). The van der Waals surface area contributed by atoms with Crippen LogP contribution in [0.4, 0.5) is 10.1 Å². The second-order valence-corrected chi connectivity index (χ2v) is 7.94. The lowest BCUT2D eigenvalue weighted by Crippen LogP contribution is -2.18. The van der Waals surface area contributed by atoms with Gasteiger partial charge in [0.05, 0.1) is 16.8 Å². The summed E-state index contributed by atoms with van der Waals surface area (Å²) in [6.45, 7) is 4.51. The SMILES string of the molecule is CCNc1nc(C(N)=O)c(NC(=O)c2cc(-c3ccccc3)nc3c(C)cccc23)s1. The summed E-state index contributed by atoms with van der Waals surface area (Å²) >= 11 is 1.17. The van der Waals surface area contributed by atoms with E-state index in [1.54, 1.807) is 6.07 Å². The molecule has 0 radical (unpaired) electrons. The summed E-state index contributed by atoms with van der Waals surface area (Å²) in [6.07, 6.45) is 0. The Morgan fingerprint density at radius 2 is 1.84 bits per heavy atom. The number of pyridine rings is 1. The molecular formula is C23H21N5O2S. The lowest BCUT2D eigenvalue weighted by atomic mass is 10.0. The van der Waals surface area contributed by atoms with Crippen LogP contribution in [0.2, 0.25) is 0 Å². The van der Waals surface area contributed by atoms with Gasteiger partial charge in [0.2, 0.25) is 0 Å². The Hall–Kier alpha value is -3.78. The number of nitrogens with two attached hydrogens (primary N) is 1. The first-order chi connectivity index (χ1) is 15.0. The Kier molecular flexibility index (Phi) is 5.64. The quantitative estimate of drug-likeness (QED) is 0.418. The predicted octanol–water partition coefficient (Wildman–Crippen LogP) is 4.45. The molecule has 0 bridgehead atoms. The van der Waals surface area contributed by atoms with Gasteiger partial charge in [-0.15, -0.1) is 0 Å². The first-order valence-corrected chi connectivity index (χ1v) is 10.6. The third-order valence-electron chi connectivity index (χ3n) is 4.77. The molecule has 0 spiro atoms. The number of thiazole rings is 1. The number of nitrogens with one attached hydrogen (secondary N) is 2. The van der Waals surface area contributed by atoms with Gasteiger partial charge in [-0.05, 0) is 25.5 Å². The molecule has 2 amide bonds. The molecule has 8 heteroatoms. The van der Waals surface area contributed by atoms with Crippen LogP contribution in [0.5, 0.6) is 0 Å². The molecule has 0 saturated heterocycles. The molecule has 0 unspecified atom stereocenters. The Balaban J connectivity index is 1.81. The van der Waals surface area contributed by atoms with Gasteiger partial charge in [0.1, 0.15) is 5.00 Å². The number of primary amides is 1. The molecule has 156 valence electrons. The number of amides is 2. The van der Waals surface area contributed by atoms with E-state index >= 15 is 0 Å². The van der Waals surface area contributed by atoms with Crippen LogP contribution < -0.4 is 16.4 Å². The third-order valence-corrected chi connectivity index (χ3v) is 5.70. The topological polar surface area (TPSA) is 110 Å². The summed E-state index contributed by atoms with van der Waals surface area (Å²) in [5.74, 6) is -1.06. The van der Waals surface area contributed by atoms with Crippen molar-refractivity contribution in [2.24, 2.45) is 5.73 Å². The Labute approximate surface area is 183 Å². The van der Waals surface area contributed by atoms with E-state index in [9.17, 15) is 9.59 Å². The summed E-state index contributed by atoms with van der Waals surface area (Å²) < 4.78 is 0. The van der Waals surface area contributed by atoms with E-state index < -0.39 is 5.91 Å². The highest BCUT2D eigenvalue weighted by atomic mass is 32.1. The van der Waals surface area contributed by atoms with Gasteiger partial charge in [-0.2, -0.15) is 0 Å². The average molecular weight is 432 g/mol. The van der Waals surface area contributed by atoms with E-state index in [0.29, 0.717) is 27.9 Å². The summed E-state index contributed by atoms with van der Waals surface area (Å²) in [7, 11) is 0. The number of carbonyl (C=O) groups excluding carboxylic acids is 2. The molecule has 2 aromatic heterocycles. The highest BCUT2D eigenvalue weighted by molar-refractivity contribution is 7.20. The third kappa shape index (κ3) is 4.10. The molecule has 0 aliphatic rings. The molecule has 2 heterocycles. The van der Waals surface area contributed by atoms with Gasteiger partial charge in [0.25, 0.3) is 11.8 Å². The van der Waals surface area contributed by atoms with Crippen molar-refractivity contribution < 1.29 is 9.59 Å². The van der Waals surface area contributed by atoms with E-state index in [2.05, 4.69) is 15.6 Å². The van der Waals surface area contributed by atoms with Crippen molar-refractivity contribution in [1.82, 2.24) is 9.97 Å². The van der Waals surface area contributed by atoms with E-state index in [0.717, 1.165) is 22.0 Å². The molecule has 0 fully saturated rings. The minimum Gasteiger partial charge on any atom is -0.364 e. The summed E-state index contributed by atoms with van der Waals surface area (Å²) in [5.41, 5.74) is 9.28. The van der Waals surface area contributed by atoms with Gasteiger partial charge < -0.3 is 16.4 Å². The van der Waals surface area contributed by atoms with Crippen molar-refractivity contribution in [3.05, 3.63) is 71.4 Å². The van der Waals surface area contributed by atoms with Gasteiger partial charge >= 0.3 is 0 Å². The molecule has 0 saturated carbocycles. The summed E-state index contributed by atoms with van der Waals surface area (Å²) in [6, 6.07) is 17.2. The first-order valence-electron chi connectivity index (χ1n) is 9.79. The molecule has 4 aromatic rings. The van der Waals surface area contributed by atoms with E-state index in [-0.39, 0.29) is 11.6 Å². The normalized spacial score (nSPS) is 10.8. The fourth-order valence-electron chi connectivity index (χ4n) is 3.31. The number of anilines is 2. The van der Waals surface area contributed by atoms with Crippen LogP contribution in [0.1, 0.15) is 33.3 Å². The van der Waals surface area contributed by atoms with Crippen molar-refractivity contribution in [2.45, 2.75) is 13.8 Å². The number of hydrogen-bond donors (Lipinski definition) is 3. The minimum absolute atomic E-state index is 0.0344. The molecular weight excluding hydrogens is 410 g/mol. The number of fused-ring (bicyclic) bond motifs is 1. The zero-order valence-electron chi connectivity index (χ0n) is 17.1. The lowest BCUT2D eigenvalue weighted by Gasteiger charge is -2.11. The summed E-state index contributed by atoms with van der Waals surface area (Å²) in [4.78, 5) is 34.2. The fourth-order valence-corrected chi connectivity index (χ4v) is 4.24. The van der Waals surface area contributed by atoms with Crippen LogP contribution in [-0.2, 0) is 0 Å². The first kappa shape index (κ1) is 20.5. The van der Waals surface area contributed by atoms with Crippen LogP contribution in [-0.4, -0.2) is 28.3 Å². The zero-order chi connectivity index (χ0) is 22.0. The molecule has 4 rings (SSSR count). The molecule has 2 aromatic carbocycles. The molecule has 0 aliphatic heterocycles. The maximum atomic E-state index is 13.3. The van der Waals surface area contributed by atoms with Crippen LogP contribution in [0.25, 0.3) is 22.2 Å². The van der Waals surface area contributed by atoms with Crippen LogP contribution in [0.3, 0.4) is 0 Å². The molecule has 0 aliphatic carbocycles. The van der Waals surface area contributed by atoms with Gasteiger partial charge in [-0.3, -0.25) is 9.59 Å². The van der Waals surface area contributed by atoms with E-state index in [4.69, 9.17) is 10.7 Å². The molecule has 7 nitrogen and oxygen atoms in total. The average Bonchev–Trinajstić information content (AvgIpc) is 3.17. The van der Waals surface area contributed by atoms with Gasteiger partial charge in [-0.25, -0.2) is 9.97 Å². The number of rotatable bonds is 6. The van der Waals surface area contributed by atoms with Crippen LogP contribution in [0.15, 0.2) is 54.6 Å². The van der Waals surface area contributed by atoms with Crippen LogP contribution in [0, 0.1) is 6.92 Å². The van der Waals surface area contributed by atoms with Crippen molar-refractivity contribution >= 4 is 44.2 Å². The van der Waals surface area contributed by atoms with Crippen LogP contribution >= 0.6 is 11.3 Å². The smallest absolute Gasteiger partial charge is 0.270 e. The largest absolute Gasteiger partial charge is 0.364 e. The lowest BCUT2D eigenvalue weighted by molar-refractivity contribution is 0.0997. The second-order valence-electron chi connectivity index (χ2n) is 6.94. The number of para-hydroxylation sites is 1. The number of benzene rings is 2. The Morgan fingerprint density at radius 3 is 2.55 bits per heavy atom. The van der Waals surface area contributed by atoms with Crippen molar-refractivity contribution in [1.29, 1.82) is 0 Å². The minimum atomic E-state index is -0.698. The van der Waals surface area contributed by atoms with Crippen molar-refractivity contribution in [3.8, 4) is 11.3 Å². The highest BCUT2D eigenvalue weighted by Crippen LogP contribution is 2.31. The molecule has 4 N–H and O–H groups in total. The summed E-state index contributed by atoms with van der Waals surface area (Å²) in [5, 5.41) is 7.43. The number of aromatic nitrogens is 2. The van der Waals surface area contributed by atoms with E-state index in [1.165, 1.54) is 11.3 Å². The number of aryl methyl sites for hydroxylation is 1. The highest BCUT2D eigenvalue weighted by Gasteiger charge is 2.21. The maximum absolute atomic E-state index is 13.3. The Morgan fingerprint density at radius 1 is 1.06 bits per heavy atom. The predicted molar refractivity (Wildman–Crippen MR) is 125 cm³/mol. The number of nitrogens with zero attached hydrogens (tertiary/aromatic N) is 2. The fraction of sp³-hybridized carbons (Fsp3) is 0.130.